The highest BCUT2D eigenvalue weighted by Gasteiger charge is 2.31. The first kappa shape index (κ1) is 12.5. The van der Waals surface area contributed by atoms with Crippen LogP contribution in [-0.4, -0.2) is 43.2 Å². The Hall–Kier alpha value is -1.55. The number of nitrogens with zero attached hydrogens (tertiary/aromatic N) is 1. The van der Waals surface area contributed by atoms with E-state index in [-0.39, 0.29) is 11.9 Å². The number of carbonyl (C=O) groups is 1. The van der Waals surface area contributed by atoms with Crippen LogP contribution >= 0.6 is 0 Å². The summed E-state index contributed by atoms with van der Waals surface area (Å²) in [5.74, 6) is 0.228. The molecule has 0 saturated carbocycles. The van der Waals surface area contributed by atoms with Gasteiger partial charge in [0.1, 0.15) is 6.04 Å². The van der Waals surface area contributed by atoms with E-state index in [0.29, 0.717) is 6.10 Å². The van der Waals surface area contributed by atoms with Crippen molar-refractivity contribution in [3.63, 3.8) is 0 Å². The summed E-state index contributed by atoms with van der Waals surface area (Å²) >= 11 is 0. The Morgan fingerprint density at radius 3 is 2.74 bits per heavy atom. The fourth-order valence-corrected chi connectivity index (χ4v) is 2.98. The minimum Gasteiger partial charge on any atom is -0.381 e. The van der Waals surface area contributed by atoms with Crippen molar-refractivity contribution < 1.29 is 9.53 Å². The number of hydrogen-bond donors (Lipinski definition) is 1. The van der Waals surface area contributed by atoms with Gasteiger partial charge in [0.25, 0.3) is 0 Å². The second-order valence-corrected chi connectivity index (χ2v) is 5.32. The molecule has 4 heteroatoms. The lowest BCUT2D eigenvalue weighted by Gasteiger charge is -2.32. The largest absolute Gasteiger partial charge is 0.381 e. The van der Waals surface area contributed by atoms with Crippen molar-refractivity contribution in [2.24, 2.45) is 0 Å². The Kier molecular flexibility index (Phi) is 3.42. The molecule has 3 rings (SSSR count). The number of hydrogen-bond acceptors (Lipinski definition) is 3. The molecule has 1 atom stereocenters. The summed E-state index contributed by atoms with van der Waals surface area (Å²) in [5, 5.41) is 3.33. The van der Waals surface area contributed by atoms with Gasteiger partial charge in [0.15, 0.2) is 0 Å². The zero-order valence-electron chi connectivity index (χ0n) is 11.3. The van der Waals surface area contributed by atoms with E-state index in [9.17, 15) is 4.79 Å². The van der Waals surface area contributed by atoms with Gasteiger partial charge >= 0.3 is 0 Å². The molecule has 2 aliphatic heterocycles. The maximum atomic E-state index is 12.5. The number of rotatable bonds is 2. The first-order valence-corrected chi connectivity index (χ1v) is 6.94. The van der Waals surface area contributed by atoms with Crippen molar-refractivity contribution in [3.05, 3.63) is 29.8 Å². The fraction of sp³-hybridized carbons (Fsp3) is 0.533. The Morgan fingerprint density at radius 2 is 2.05 bits per heavy atom. The molecule has 4 nitrogen and oxygen atoms in total. The summed E-state index contributed by atoms with van der Waals surface area (Å²) in [4.78, 5) is 14.5. The van der Waals surface area contributed by atoms with Crippen molar-refractivity contribution >= 4 is 11.6 Å². The highest BCUT2D eigenvalue weighted by molar-refractivity contribution is 5.87. The third-order valence-corrected chi connectivity index (χ3v) is 4.16. The zero-order valence-corrected chi connectivity index (χ0v) is 11.3. The summed E-state index contributed by atoms with van der Waals surface area (Å²) in [6.45, 7) is 1.62. The van der Waals surface area contributed by atoms with Crippen molar-refractivity contribution in [1.82, 2.24) is 4.90 Å². The molecule has 0 aromatic heterocycles. The highest BCUT2D eigenvalue weighted by Crippen LogP contribution is 2.26. The number of amides is 1. The molecular weight excluding hydrogens is 240 g/mol. The standard InChI is InChI=1S/C15H20N2O2/c1-19-12-6-8-17(9-7-12)15(18)14-10-11-4-2-3-5-13(11)16-14/h2-5,12,14,16H,6-10H2,1H3. The Balaban J connectivity index is 1.61. The van der Waals surface area contributed by atoms with Gasteiger partial charge in [0.05, 0.1) is 6.10 Å². The number of nitrogens with one attached hydrogen (secondary N) is 1. The Labute approximate surface area is 113 Å². The summed E-state index contributed by atoms with van der Waals surface area (Å²) in [6.07, 6.45) is 3.01. The summed E-state index contributed by atoms with van der Waals surface area (Å²) < 4.78 is 5.34. The lowest BCUT2D eigenvalue weighted by Crippen LogP contribution is -2.47. The van der Waals surface area contributed by atoms with Crippen molar-refractivity contribution in [2.45, 2.75) is 31.4 Å². The molecule has 19 heavy (non-hydrogen) atoms. The number of para-hydroxylation sites is 1. The lowest BCUT2D eigenvalue weighted by molar-refractivity contribution is -0.134. The molecule has 1 N–H and O–H groups in total. The molecule has 1 aromatic carbocycles. The number of fused-ring (bicyclic) bond motifs is 1. The first-order valence-electron chi connectivity index (χ1n) is 6.94. The molecule has 0 aliphatic carbocycles. The minimum absolute atomic E-state index is 0.0866. The Morgan fingerprint density at radius 1 is 1.32 bits per heavy atom. The number of methoxy groups -OCH3 is 1. The molecule has 1 amide bonds. The number of likely N-dealkylation sites (tertiary alicyclic amines) is 1. The molecule has 1 aromatic rings. The second kappa shape index (κ2) is 5.21. The highest BCUT2D eigenvalue weighted by atomic mass is 16.5. The predicted octanol–water partition coefficient (Wildman–Crippen LogP) is 1.66. The number of benzene rings is 1. The smallest absolute Gasteiger partial charge is 0.245 e. The van der Waals surface area contributed by atoms with Crippen molar-refractivity contribution in [3.8, 4) is 0 Å². The van der Waals surface area contributed by atoms with Gasteiger partial charge in [-0.1, -0.05) is 18.2 Å². The third-order valence-electron chi connectivity index (χ3n) is 4.16. The number of carbonyl (C=O) groups excluding carboxylic acids is 1. The second-order valence-electron chi connectivity index (χ2n) is 5.32. The topological polar surface area (TPSA) is 41.6 Å². The summed E-state index contributed by atoms with van der Waals surface area (Å²) in [7, 11) is 1.75. The van der Waals surface area contributed by atoms with Gasteiger partial charge in [-0.2, -0.15) is 0 Å². The summed E-state index contributed by atoms with van der Waals surface area (Å²) in [6, 6.07) is 8.07. The molecule has 1 fully saturated rings. The monoisotopic (exact) mass is 260 g/mol. The fourth-order valence-electron chi connectivity index (χ4n) is 2.98. The predicted molar refractivity (Wildman–Crippen MR) is 74.2 cm³/mol. The SMILES string of the molecule is COC1CCN(C(=O)C2Cc3ccccc3N2)CC1. The van der Waals surface area contributed by atoms with Gasteiger partial charge in [-0.25, -0.2) is 0 Å². The molecule has 0 radical (unpaired) electrons. The molecule has 102 valence electrons. The third kappa shape index (κ3) is 2.45. The quantitative estimate of drug-likeness (QED) is 0.879. The van der Waals surface area contributed by atoms with Crippen LogP contribution in [0.25, 0.3) is 0 Å². The van der Waals surface area contributed by atoms with E-state index in [1.165, 1.54) is 5.56 Å². The van der Waals surface area contributed by atoms with Crippen LogP contribution in [0.2, 0.25) is 0 Å². The maximum Gasteiger partial charge on any atom is 0.245 e. The molecular formula is C15H20N2O2. The molecule has 1 saturated heterocycles. The molecule has 0 spiro atoms. The average molecular weight is 260 g/mol. The number of ether oxygens (including phenoxy) is 1. The number of piperidine rings is 1. The minimum atomic E-state index is -0.0866. The molecule has 0 bridgehead atoms. The van der Waals surface area contributed by atoms with Gasteiger partial charge in [0.2, 0.25) is 5.91 Å². The van der Waals surface area contributed by atoms with E-state index < -0.39 is 0 Å². The van der Waals surface area contributed by atoms with Gasteiger partial charge in [-0.3, -0.25) is 4.79 Å². The van der Waals surface area contributed by atoms with Crippen molar-refractivity contribution in [1.29, 1.82) is 0 Å². The van der Waals surface area contributed by atoms with E-state index in [1.54, 1.807) is 7.11 Å². The van der Waals surface area contributed by atoms with E-state index in [2.05, 4.69) is 11.4 Å². The van der Waals surface area contributed by atoms with Crippen LogP contribution < -0.4 is 5.32 Å². The molecule has 1 unspecified atom stereocenters. The Bertz CT molecular complexity index is 442. The van der Waals surface area contributed by atoms with Gasteiger partial charge < -0.3 is 15.0 Å². The number of anilines is 1. The average Bonchev–Trinajstić information content (AvgIpc) is 2.90. The van der Waals surface area contributed by atoms with Crippen LogP contribution in [0.4, 0.5) is 5.69 Å². The van der Waals surface area contributed by atoms with Crippen LogP contribution in [-0.2, 0) is 16.0 Å². The van der Waals surface area contributed by atoms with Crippen LogP contribution in [0.15, 0.2) is 24.3 Å². The first-order chi connectivity index (χ1) is 9.28. The van der Waals surface area contributed by atoms with E-state index in [4.69, 9.17) is 4.74 Å². The maximum absolute atomic E-state index is 12.5. The zero-order chi connectivity index (χ0) is 13.2. The van der Waals surface area contributed by atoms with E-state index >= 15 is 0 Å². The van der Waals surface area contributed by atoms with Gasteiger partial charge in [-0.05, 0) is 24.5 Å². The van der Waals surface area contributed by atoms with Crippen molar-refractivity contribution in [2.75, 3.05) is 25.5 Å². The van der Waals surface area contributed by atoms with Crippen LogP contribution in [0.1, 0.15) is 18.4 Å². The molecule has 2 heterocycles. The van der Waals surface area contributed by atoms with Crippen LogP contribution in [0, 0.1) is 0 Å². The van der Waals surface area contributed by atoms with Crippen LogP contribution in [0.5, 0.6) is 0 Å². The normalized spacial score (nSPS) is 23.0. The van der Waals surface area contributed by atoms with Crippen LogP contribution in [0.3, 0.4) is 0 Å². The lowest BCUT2D eigenvalue weighted by atomic mass is 10.1. The van der Waals surface area contributed by atoms with Gasteiger partial charge in [0, 0.05) is 32.3 Å². The van der Waals surface area contributed by atoms with Gasteiger partial charge in [-0.15, -0.1) is 0 Å². The molecule has 2 aliphatic rings. The van der Waals surface area contributed by atoms with E-state index in [0.717, 1.165) is 38.0 Å². The van der Waals surface area contributed by atoms with E-state index in [1.807, 2.05) is 23.1 Å². The summed E-state index contributed by atoms with van der Waals surface area (Å²) in [5.41, 5.74) is 2.35.